The molecule has 0 unspecified atom stereocenters. The molecule has 25 heavy (non-hydrogen) atoms. The van der Waals surface area contributed by atoms with Crippen molar-refractivity contribution >= 4 is 29.4 Å². The molecule has 1 aromatic rings. The molecule has 2 rings (SSSR count). The Morgan fingerprint density at radius 1 is 1.28 bits per heavy atom. The Bertz CT molecular complexity index is 678. The lowest BCUT2D eigenvalue weighted by molar-refractivity contribution is -0.148. The summed E-state index contributed by atoms with van der Waals surface area (Å²) in [4.78, 5) is 36.6. The summed E-state index contributed by atoms with van der Waals surface area (Å²) in [6, 6.07) is 6.49. The van der Waals surface area contributed by atoms with Crippen molar-refractivity contribution in [3.63, 3.8) is 0 Å². The standard InChI is InChI=1S/C17H21ClN2O5/c1-17(16(24)25)9-12(15(23)19-8-7-13(21)22)14(20(17)2)10-3-5-11(18)6-4-10/h3-6,12,14H,7-9H2,1-2H3,(H,19,23)(H,21,22)(H,24,25)/t12-,14-,17-/m0/s1. The number of carboxylic acid groups (broad SMARTS) is 2. The molecular formula is C17H21ClN2O5. The van der Waals surface area contributed by atoms with Gasteiger partial charge in [0.2, 0.25) is 5.91 Å². The zero-order chi connectivity index (χ0) is 18.8. The van der Waals surface area contributed by atoms with Crippen LogP contribution >= 0.6 is 11.6 Å². The van der Waals surface area contributed by atoms with E-state index in [9.17, 15) is 19.5 Å². The summed E-state index contributed by atoms with van der Waals surface area (Å²) in [7, 11) is 1.68. The first-order chi connectivity index (χ1) is 11.7. The van der Waals surface area contributed by atoms with Crippen molar-refractivity contribution in [3.05, 3.63) is 34.9 Å². The highest BCUT2D eigenvalue weighted by Crippen LogP contribution is 2.46. The van der Waals surface area contributed by atoms with Crippen LogP contribution in [0.25, 0.3) is 0 Å². The molecule has 1 aliphatic rings. The molecule has 136 valence electrons. The van der Waals surface area contributed by atoms with Crippen LogP contribution in [0.4, 0.5) is 0 Å². The monoisotopic (exact) mass is 368 g/mol. The van der Waals surface area contributed by atoms with Gasteiger partial charge in [-0.25, -0.2) is 0 Å². The van der Waals surface area contributed by atoms with Crippen molar-refractivity contribution in [2.75, 3.05) is 13.6 Å². The first kappa shape index (κ1) is 19.2. The van der Waals surface area contributed by atoms with Crippen LogP contribution in [0.2, 0.25) is 5.02 Å². The molecule has 8 heteroatoms. The number of carbonyl (C=O) groups excluding carboxylic acids is 1. The average molecular weight is 369 g/mol. The van der Waals surface area contributed by atoms with Gasteiger partial charge >= 0.3 is 11.9 Å². The van der Waals surface area contributed by atoms with Gasteiger partial charge in [0.15, 0.2) is 0 Å². The molecule has 0 aromatic heterocycles. The van der Waals surface area contributed by atoms with Crippen molar-refractivity contribution in [2.45, 2.75) is 31.3 Å². The Morgan fingerprint density at radius 2 is 1.88 bits per heavy atom. The molecular weight excluding hydrogens is 348 g/mol. The fourth-order valence-electron chi connectivity index (χ4n) is 3.27. The minimum absolute atomic E-state index is 0.00546. The first-order valence-corrected chi connectivity index (χ1v) is 8.26. The molecule has 3 N–H and O–H groups in total. The number of amides is 1. The van der Waals surface area contributed by atoms with Gasteiger partial charge in [0.25, 0.3) is 0 Å². The molecule has 0 aliphatic carbocycles. The van der Waals surface area contributed by atoms with E-state index in [-0.39, 0.29) is 25.3 Å². The highest BCUT2D eigenvalue weighted by molar-refractivity contribution is 6.30. The smallest absolute Gasteiger partial charge is 0.323 e. The third-order valence-electron chi connectivity index (χ3n) is 4.84. The summed E-state index contributed by atoms with van der Waals surface area (Å²) in [5.41, 5.74) is -0.408. The summed E-state index contributed by atoms with van der Waals surface area (Å²) in [5.74, 6) is -2.97. The van der Waals surface area contributed by atoms with Gasteiger partial charge in [-0.3, -0.25) is 19.3 Å². The van der Waals surface area contributed by atoms with Crippen molar-refractivity contribution in [1.82, 2.24) is 10.2 Å². The summed E-state index contributed by atoms with van der Waals surface area (Å²) in [6.45, 7) is 1.59. The molecule has 1 amide bonds. The number of halogens is 1. The molecule has 0 radical (unpaired) electrons. The van der Waals surface area contributed by atoms with Gasteiger partial charge in [-0.15, -0.1) is 0 Å². The molecule has 1 fully saturated rings. The lowest BCUT2D eigenvalue weighted by Crippen LogP contribution is -2.46. The lowest BCUT2D eigenvalue weighted by atomic mass is 9.89. The van der Waals surface area contributed by atoms with E-state index < -0.39 is 29.4 Å². The van der Waals surface area contributed by atoms with E-state index in [0.29, 0.717) is 5.02 Å². The van der Waals surface area contributed by atoms with Crippen molar-refractivity contribution in [2.24, 2.45) is 5.92 Å². The minimum Gasteiger partial charge on any atom is -0.481 e. The van der Waals surface area contributed by atoms with Crippen LogP contribution in [0.1, 0.15) is 31.4 Å². The van der Waals surface area contributed by atoms with Crippen LogP contribution in [-0.2, 0) is 14.4 Å². The quantitative estimate of drug-likeness (QED) is 0.706. The number of nitrogens with one attached hydrogen (secondary N) is 1. The van der Waals surface area contributed by atoms with Gasteiger partial charge in [0.05, 0.1) is 12.3 Å². The van der Waals surface area contributed by atoms with Crippen molar-refractivity contribution < 1.29 is 24.6 Å². The predicted molar refractivity (Wildman–Crippen MR) is 91.4 cm³/mol. The maximum absolute atomic E-state index is 12.6. The molecule has 0 saturated carbocycles. The average Bonchev–Trinajstić information content (AvgIpc) is 2.81. The number of rotatable bonds is 6. The van der Waals surface area contributed by atoms with Gasteiger partial charge in [0, 0.05) is 17.6 Å². The van der Waals surface area contributed by atoms with Gasteiger partial charge < -0.3 is 15.5 Å². The van der Waals surface area contributed by atoms with E-state index in [1.807, 2.05) is 0 Å². The number of hydrogen-bond donors (Lipinski definition) is 3. The SMILES string of the molecule is CN1[C@@H](c2ccc(Cl)cc2)[C@@H](C(=O)NCCC(=O)O)C[C@@]1(C)C(=O)O. The first-order valence-electron chi connectivity index (χ1n) is 7.88. The normalized spacial score (nSPS) is 26.4. The molecule has 7 nitrogen and oxygen atoms in total. The van der Waals surface area contributed by atoms with Gasteiger partial charge in [-0.2, -0.15) is 0 Å². The highest BCUT2D eigenvalue weighted by atomic mass is 35.5. The molecule has 1 aliphatic heterocycles. The third kappa shape index (κ3) is 3.93. The molecule has 1 heterocycles. The van der Waals surface area contributed by atoms with E-state index in [2.05, 4.69) is 5.32 Å². The minimum atomic E-state index is -1.20. The fraction of sp³-hybridized carbons (Fsp3) is 0.471. The maximum atomic E-state index is 12.6. The maximum Gasteiger partial charge on any atom is 0.323 e. The molecule has 1 aromatic carbocycles. The number of hydrogen-bond acceptors (Lipinski definition) is 4. The largest absolute Gasteiger partial charge is 0.481 e. The highest BCUT2D eigenvalue weighted by Gasteiger charge is 2.54. The van der Waals surface area contributed by atoms with Gasteiger partial charge in [-0.1, -0.05) is 23.7 Å². The Labute approximate surface area is 150 Å². The zero-order valence-electron chi connectivity index (χ0n) is 14.0. The Morgan fingerprint density at radius 3 is 2.40 bits per heavy atom. The third-order valence-corrected chi connectivity index (χ3v) is 5.09. The second-order valence-electron chi connectivity index (χ2n) is 6.43. The van der Waals surface area contributed by atoms with Gasteiger partial charge in [0.1, 0.15) is 5.54 Å². The summed E-state index contributed by atoms with van der Waals surface area (Å²) in [6.07, 6.45) is -0.0544. The predicted octanol–water partition coefficient (Wildman–Crippen LogP) is 1.77. The number of nitrogens with zero attached hydrogens (tertiary/aromatic N) is 1. The van der Waals surface area contributed by atoms with Crippen molar-refractivity contribution in [3.8, 4) is 0 Å². The zero-order valence-corrected chi connectivity index (χ0v) is 14.8. The van der Waals surface area contributed by atoms with Crippen LogP contribution in [0, 0.1) is 5.92 Å². The van der Waals surface area contributed by atoms with Crippen LogP contribution in [0.3, 0.4) is 0 Å². The summed E-state index contributed by atoms with van der Waals surface area (Å²) < 4.78 is 0. The molecule has 0 bridgehead atoms. The van der Waals surface area contributed by atoms with E-state index >= 15 is 0 Å². The number of benzene rings is 1. The number of carbonyl (C=O) groups is 3. The van der Waals surface area contributed by atoms with Gasteiger partial charge in [-0.05, 0) is 38.1 Å². The van der Waals surface area contributed by atoms with Crippen LogP contribution in [-0.4, -0.2) is 52.1 Å². The van der Waals surface area contributed by atoms with E-state index in [1.54, 1.807) is 43.1 Å². The number of aliphatic carboxylic acids is 2. The lowest BCUT2D eigenvalue weighted by Gasteiger charge is -2.32. The molecule has 0 spiro atoms. The fourth-order valence-corrected chi connectivity index (χ4v) is 3.40. The number of carboxylic acids is 2. The number of likely N-dealkylation sites (N-methyl/N-ethyl adjacent to an activating group) is 1. The van der Waals surface area contributed by atoms with E-state index in [4.69, 9.17) is 16.7 Å². The van der Waals surface area contributed by atoms with E-state index in [1.165, 1.54) is 0 Å². The van der Waals surface area contributed by atoms with Crippen LogP contribution < -0.4 is 5.32 Å². The molecule has 1 saturated heterocycles. The summed E-state index contributed by atoms with van der Waals surface area (Å²) >= 11 is 5.92. The second kappa shape index (κ2) is 7.41. The topological polar surface area (TPSA) is 107 Å². The van der Waals surface area contributed by atoms with Crippen molar-refractivity contribution in [1.29, 1.82) is 0 Å². The van der Waals surface area contributed by atoms with E-state index in [0.717, 1.165) is 5.56 Å². The Balaban J connectivity index is 2.30. The number of likely N-dealkylation sites (tertiary alicyclic amines) is 1. The molecule has 3 atom stereocenters. The van der Waals surface area contributed by atoms with Crippen LogP contribution in [0.5, 0.6) is 0 Å². The second-order valence-corrected chi connectivity index (χ2v) is 6.87. The Hall–Kier alpha value is -2.12. The Kier molecular flexibility index (Phi) is 5.69. The summed E-state index contributed by atoms with van der Waals surface area (Å²) in [5, 5.41) is 21.5. The van der Waals surface area contributed by atoms with Crippen LogP contribution in [0.15, 0.2) is 24.3 Å².